The van der Waals surface area contributed by atoms with Gasteiger partial charge in [0.25, 0.3) is 11.8 Å². The SMILES string of the molecule is COc1cc(N2C(=O)c3ccccc3C2=O)c(Cl)cc1C(=O)[C@H](C#N)c1ccccn1. The molecule has 2 heterocycles. The molecule has 1 atom stereocenters. The Balaban J connectivity index is 1.77. The number of carbonyl (C=O) groups is 3. The molecule has 0 radical (unpaired) electrons. The normalized spacial score (nSPS) is 13.5. The number of Topliss-reactive ketones (excluding diaryl/α,β-unsaturated/α-hetero) is 1. The first kappa shape index (κ1) is 20.3. The summed E-state index contributed by atoms with van der Waals surface area (Å²) < 4.78 is 5.34. The van der Waals surface area contributed by atoms with E-state index in [2.05, 4.69) is 4.98 Å². The molecular weight excluding hydrogens is 418 g/mol. The number of fused-ring (bicyclic) bond motifs is 1. The predicted octanol–water partition coefficient (Wildman–Crippen LogP) is 4.03. The van der Waals surface area contributed by atoms with Crippen LogP contribution in [0, 0.1) is 11.3 Å². The van der Waals surface area contributed by atoms with Gasteiger partial charge in [0, 0.05) is 12.3 Å². The maximum absolute atomic E-state index is 13.1. The van der Waals surface area contributed by atoms with Crippen molar-refractivity contribution in [3.63, 3.8) is 0 Å². The predicted molar refractivity (Wildman–Crippen MR) is 113 cm³/mol. The van der Waals surface area contributed by atoms with E-state index in [1.807, 2.05) is 6.07 Å². The summed E-state index contributed by atoms with van der Waals surface area (Å²) in [4.78, 5) is 43.7. The maximum atomic E-state index is 13.1. The zero-order valence-electron chi connectivity index (χ0n) is 16.2. The van der Waals surface area contributed by atoms with E-state index in [4.69, 9.17) is 16.3 Å². The van der Waals surface area contributed by atoms with Crippen LogP contribution in [0.2, 0.25) is 5.02 Å². The van der Waals surface area contributed by atoms with Gasteiger partial charge < -0.3 is 4.74 Å². The molecule has 0 saturated heterocycles. The number of rotatable bonds is 5. The molecule has 1 aliphatic heterocycles. The Morgan fingerprint density at radius 1 is 1.10 bits per heavy atom. The lowest BCUT2D eigenvalue weighted by molar-refractivity contribution is 0.0924. The number of pyridine rings is 1. The van der Waals surface area contributed by atoms with Gasteiger partial charge in [0.1, 0.15) is 5.75 Å². The molecule has 0 fully saturated rings. The molecule has 2 amide bonds. The van der Waals surface area contributed by atoms with Crippen LogP contribution in [0.4, 0.5) is 5.69 Å². The lowest BCUT2D eigenvalue weighted by atomic mass is 9.94. The third-order valence-electron chi connectivity index (χ3n) is 4.94. The zero-order valence-corrected chi connectivity index (χ0v) is 17.0. The molecule has 152 valence electrons. The number of amides is 2. The van der Waals surface area contributed by atoms with Crippen LogP contribution in [0.3, 0.4) is 0 Å². The van der Waals surface area contributed by atoms with Gasteiger partial charge in [-0.15, -0.1) is 0 Å². The molecule has 0 spiro atoms. The highest BCUT2D eigenvalue weighted by Gasteiger charge is 2.38. The van der Waals surface area contributed by atoms with Crippen LogP contribution in [-0.2, 0) is 0 Å². The Morgan fingerprint density at radius 2 is 1.74 bits per heavy atom. The number of carbonyl (C=O) groups excluding carboxylic acids is 3. The van der Waals surface area contributed by atoms with Crippen molar-refractivity contribution >= 4 is 34.9 Å². The second-order valence-corrected chi connectivity index (χ2v) is 7.08. The molecule has 1 aliphatic rings. The number of benzene rings is 2. The Hall–Kier alpha value is -4.02. The number of ketones is 1. The second-order valence-electron chi connectivity index (χ2n) is 6.68. The topological polar surface area (TPSA) is 100 Å². The van der Waals surface area contributed by atoms with Gasteiger partial charge in [0.05, 0.1) is 46.3 Å². The van der Waals surface area contributed by atoms with E-state index in [0.29, 0.717) is 0 Å². The monoisotopic (exact) mass is 431 g/mol. The first-order chi connectivity index (χ1) is 15.0. The van der Waals surface area contributed by atoms with Crippen molar-refractivity contribution in [2.45, 2.75) is 5.92 Å². The van der Waals surface area contributed by atoms with Crippen LogP contribution >= 0.6 is 11.6 Å². The number of nitrogens with zero attached hydrogens (tertiary/aromatic N) is 3. The van der Waals surface area contributed by atoms with E-state index < -0.39 is 23.5 Å². The number of hydrogen-bond acceptors (Lipinski definition) is 6. The van der Waals surface area contributed by atoms with Crippen molar-refractivity contribution in [1.29, 1.82) is 5.26 Å². The highest BCUT2D eigenvalue weighted by molar-refractivity contribution is 6.40. The molecule has 0 N–H and O–H groups in total. The molecule has 0 unspecified atom stereocenters. The van der Waals surface area contributed by atoms with Crippen molar-refractivity contribution in [1.82, 2.24) is 4.98 Å². The van der Waals surface area contributed by atoms with E-state index in [1.54, 1.807) is 42.5 Å². The van der Waals surface area contributed by atoms with Crippen LogP contribution in [0.25, 0.3) is 0 Å². The minimum Gasteiger partial charge on any atom is -0.496 e. The molecule has 7 nitrogen and oxygen atoms in total. The van der Waals surface area contributed by atoms with Crippen molar-refractivity contribution in [2.75, 3.05) is 12.0 Å². The summed E-state index contributed by atoms with van der Waals surface area (Å²) in [5.74, 6) is -2.69. The Labute approximate surface area is 182 Å². The summed E-state index contributed by atoms with van der Waals surface area (Å²) in [6.45, 7) is 0. The fourth-order valence-corrected chi connectivity index (χ4v) is 3.69. The maximum Gasteiger partial charge on any atom is 0.266 e. The lowest BCUT2D eigenvalue weighted by Crippen LogP contribution is -2.29. The van der Waals surface area contributed by atoms with Gasteiger partial charge in [0.2, 0.25) is 0 Å². The Morgan fingerprint density at radius 3 is 2.29 bits per heavy atom. The number of methoxy groups -OCH3 is 1. The van der Waals surface area contributed by atoms with Gasteiger partial charge in [-0.05, 0) is 30.3 Å². The number of hydrogen-bond donors (Lipinski definition) is 0. The largest absolute Gasteiger partial charge is 0.496 e. The standard InChI is InChI=1S/C23H14ClN3O4/c1-31-20-11-19(27-22(29)13-6-2-3-7-14(13)23(27)30)17(24)10-15(20)21(28)16(12-25)18-8-4-5-9-26-18/h2-11,16H,1H3/t16-/m1/s1. The number of aromatic nitrogens is 1. The van der Waals surface area contributed by atoms with Crippen molar-refractivity contribution in [2.24, 2.45) is 0 Å². The number of nitriles is 1. The summed E-state index contributed by atoms with van der Waals surface area (Å²) in [5, 5.41) is 9.56. The van der Waals surface area contributed by atoms with Crippen LogP contribution in [-0.4, -0.2) is 29.7 Å². The van der Waals surface area contributed by atoms with Gasteiger partial charge in [-0.2, -0.15) is 5.26 Å². The number of ether oxygens (including phenoxy) is 1. The van der Waals surface area contributed by atoms with Gasteiger partial charge >= 0.3 is 0 Å². The smallest absolute Gasteiger partial charge is 0.266 e. The van der Waals surface area contributed by atoms with Crippen molar-refractivity contribution in [3.8, 4) is 11.8 Å². The first-order valence-corrected chi connectivity index (χ1v) is 9.55. The summed E-state index contributed by atoms with van der Waals surface area (Å²) >= 11 is 6.40. The van der Waals surface area contributed by atoms with E-state index in [9.17, 15) is 19.6 Å². The number of halogens is 1. The van der Waals surface area contributed by atoms with Crippen LogP contribution in [0.15, 0.2) is 60.8 Å². The van der Waals surface area contributed by atoms with E-state index >= 15 is 0 Å². The quantitative estimate of drug-likeness (QED) is 0.446. The fraction of sp³-hybridized carbons (Fsp3) is 0.0870. The number of anilines is 1. The van der Waals surface area contributed by atoms with Gasteiger partial charge in [0.15, 0.2) is 11.7 Å². The third kappa shape index (κ3) is 3.33. The third-order valence-corrected chi connectivity index (χ3v) is 5.25. The van der Waals surface area contributed by atoms with Crippen molar-refractivity contribution in [3.05, 3.63) is 88.2 Å². The van der Waals surface area contributed by atoms with E-state index in [-0.39, 0.29) is 38.8 Å². The molecule has 31 heavy (non-hydrogen) atoms. The highest BCUT2D eigenvalue weighted by Crippen LogP contribution is 2.39. The van der Waals surface area contributed by atoms with Gasteiger partial charge in [-0.1, -0.05) is 29.8 Å². The lowest BCUT2D eigenvalue weighted by Gasteiger charge is -2.19. The molecule has 8 heteroatoms. The summed E-state index contributed by atoms with van der Waals surface area (Å²) in [5.41, 5.74) is 0.958. The molecule has 1 aromatic heterocycles. The molecule has 3 aromatic rings. The molecule has 4 rings (SSSR count). The average molecular weight is 432 g/mol. The molecule has 2 aromatic carbocycles. The first-order valence-electron chi connectivity index (χ1n) is 9.18. The van der Waals surface area contributed by atoms with Crippen LogP contribution in [0.5, 0.6) is 5.75 Å². The number of imide groups is 1. The van der Waals surface area contributed by atoms with Crippen LogP contribution in [0.1, 0.15) is 42.7 Å². The van der Waals surface area contributed by atoms with Gasteiger partial charge in [-0.25, -0.2) is 4.90 Å². The second kappa shape index (κ2) is 8.01. The van der Waals surface area contributed by atoms with Crippen LogP contribution < -0.4 is 9.64 Å². The Bertz CT molecular complexity index is 1230. The van der Waals surface area contributed by atoms with E-state index in [1.165, 1.54) is 25.4 Å². The minimum absolute atomic E-state index is 0.00336. The molecule has 0 bridgehead atoms. The zero-order chi connectivity index (χ0) is 22.1. The highest BCUT2D eigenvalue weighted by atomic mass is 35.5. The minimum atomic E-state index is -1.17. The summed E-state index contributed by atoms with van der Waals surface area (Å²) in [6, 6.07) is 16.0. The fourth-order valence-electron chi connectivity index (χ4n) is 3.44. The summed E-state index contributed by atoms with van der Waals surface area (Å²) in [6.07, 6.45) is 1.49. The summed E-state index contributed by atoms with van der Waals surface area (Å²) in [7, 11) is 1.34. The molecule has 0 aliphatic carbocycles. The Kier molecular flexibility index (Phi) is 5.24. The molecular formula is C23H14ClN3O4. The van der Waals surface area contributed by atoms with E-state index in [0.717, 1.165) is 4.90 Å². The van der Waals surface area contributed by atoms with Gasteiger partial charge in [-0.3, -0.25) is 19.4 Å². The van der Waals surface area contributed by atoms with Crippen molar-refractivity contribution < 1.29 is 19.1 Å². The molecule has 0 saturated carbocycles. The average Bonchev–Trinajstić information content (AvgIpc) is 3.05.